The van der Waals surface area contributed by atoms with Crippen LogP contribution in [-0.2, 0) is 9.73 Å². The fourth-order valence-corrected chi connectivity index (χ4v) is 3.08. The van der Waals surface area contributed by atoms with Gasteiger partial charge in [-0.15, -0.1) is 11.8 Å². The lowest BCUT2D eigenvalue weighted by Crippen LogP contribution is -2.09. The van der Waals surface area contributed by atoms with Crippen LogP contribution in [0.2, 0.25) is 0 Å². The van der Waals surface area contributed by atoms with E-state index in [0.29, 0.717) is 10.6 Å². The summed E-state index contributed by atoms with van der Waals surface area (Å²) < 4.78 is 15.5. The van der Waals surface area contributed by atoms with E-state index < -0.39 is 9.73 Å². The Morgan fingerprint density at radius 1 is 1.77 bits per heavy atom. The SMILES string of the molecule is CSC1=C(C#N)C(N)=CS(C)(=O)=N1. The molecule has 70 valence electrons. The van der Waals surface area contributed by atoms with Gasteiger partial charge in [0, 0.05) is 11.7 Å². The van der Waals surface area contributed by atoms with Gasteiger partial charge in [0.2, 0.25) is 0 Å². The van der Waals surface area contributed by atoms with Crippen molar-refractivity contribution in [1.82, 2.24) is 0 Å². The normalized spacial score (nSPS) is 27.6. The van der Waals surface area contributed by atoms with Crippen molar-refractivity contribution in [2.24, 2.45) is 10.1 Å². The number of hydrogen-bond acceptors (Lipinski definition) is 5. The van der Waals surface area contributed by atoms with Crippen molar-refractivity contribution in [1.29, 1.82) is 5.26 Å². The van der Waals surface area contributed by atoms with E-state index >= 15 is 0 Å². The second kappa shape index (κ2) is 3.44. The van der Waals surface area contributed by atoms with E-state index in [4.69, 9.17) is 11.0 Å². The van der Waals surface area contributed by atoms with Crippen molar-refractivity contribution >= 4 is 21.5 Å². The fourth-order valence-electron chi connectivity index (χ4n) is 0.906. The van der Waals surface area contributed by atoms with Crippen LogP contribution in [0.15, 0.2) is 26.1 Å². The van der Waals surface area contributed by atoms with Gasteiger partial charge in [-0.25, -0.2) is 4.21 Å². The summed E-state index contributed by atoms with van der Waals surface area (Å²) in [5.74, 6) is 0. The van der Waals surface area contributed by atoms with Gasteiger partial charge in [-0.05, 0) is 6.26 Å². The van der Waals surface area contributed by atoms with Crippen LogP contribution in [0.5, 0.6) is 0 Å². The molecule has 6 heteroatoms. The Morgan fingerprint density at radius 3 is 2.85 bits per heavy atom. The number of nitrogens with zero attached hydrogens (tertiary/aromatic N) is 2. The summed E-state index contributed by atoms with van der Waals surface area (Å²) in [4.78, 5) is 0. The molecule has 0 aromatic carbocycles. The van der Waals surface area contributed by atoms with Crippen LogP contribution in [0, 0.1) is 11.3 Å². The van der Waals surface area contributed by atoms with Crippen molar-refractivity contribution in [3.05, 3.63) is 21.7 Å². The van der Waals surface area contributed by atoms with Crippen molar-refractivity contribution < 1.29 is 4.21 Å². The highest BCUT2D eigenvalue weighted by molar-refractivity contribution is 8.03. The number of nitrogens with two attached hydrogens (primary N) is 1. The number of allylic oxidation sites excluding steroid dienone is 1. The second-order valence-corrected chi connectivity index (χ2v) is 5.46. The van der Waals surface area contributed by atoms with Gasteiger partial charge in [-0.3, -0.25) is 0 Å². The van der Waals surface area contributed by atoms with Gasteiger partial charge in [0.25, 0.3) is 0 Å². The molecule has 0 bridgehead atoms. The third-order valence-electron chi connectivity index (χ3n) is 1.42. The summed E-state index contributed by atoms with van der Waals surface area (Å²) in [6, 6.07) is 1.94. The third-order valence-corrected chi connectivity index (χ3v) is 3.45. The molecule has 1 heterocycles. The molecule has 2 N–H and O–H groups in total. The van der Waals surface area contributed by atoms with E-state index in [2.05, 4.69) is 4.36 Å². The average molecular weight is 215 g/mol. The maximum Gasteiger partial charge on any atom is 0.126 e. The Bertz CT molecular complexity index is 447. The summed E-state index contributed by atoms with van der Waals surface area (Å²) in [6.45, 7) is 0. The van der Waals surface area contributed by atoms with Gasteiger partial charge in [-0.2, -0.15) is 9.62 Å². The van der Waals surface area contributed by atoms with Gasteiger partial charge < -0.3 is 5.73 Å². The largest absolute Gasteiger partial charge is 0.397 e. The van der Waals surface area contributed by atoms with Gasteiger partial charge in [0.15, 0.2) is 0 Å². The van der Waals surface area contributed by atoms with Gasteiger partial charge in [-0.1, -0.05) is 0 Å². The first kappa shape index (κ1) is 10.2. The summed E-state index contributed by atoms with van der Waals surface area (Å²) in [7, 11) is -2.38. The second-order valence-electron chi connectivity index (χ2n) is 2.52. The minimum Gasteiger partial charge on any atom is -0.397 e. The molecule has 0 saturated carbocycles. The smallest absolute Gasteiger partial charge is 0.126 e. The maximum atomic E-state index is 11.6. The topological polar surface area (TPSA) is 79.2 Å². The van der Waals surface area contributed by atoms with E-state index in [0.717, 1.165) is 0 Å². The predicted octanol–water partition coefficient (Wildman–Crippen LogP) is 0.996. The Labute approximate surface area is 81.7 Å². The molecule has 1 atom stereocenters. The van der Waals surface area contributed by atoms with Gasteiger partial charge in [0.05, 0.1) is 15.4 Å². The number of nitriles is 1. The average Bonchev–Trinajstić information content (AvgIpc) is 2.01. The summed E-state index contributed by atoms with van der Waals surface area (Å²) in [6.07, 6.45) is 3.26. The van der Waals surface area contributed by atoms with Gasteiger partial charge >= 0.3 is 0 Å². The summed E-state index contributed by atoms with van der Waals surface area (Å²) >= 11 is 1.27. The molecule has 0 saturated heterocycles. The Balaban J connectivity index is 3.45. The predicted molar refractivity (Wildman–Crippen MR) is 54.9 cm³/mol. The lowest BCUT2D eigenvalue weighted by atomic mass is 10.2. The minimum atomic E-state index is -2.38. The molecule has 0 spiro atoms. The molecule has 13 heavy (non-hydrogen) atoms. The van der Waals surface area contributed by atoms with Crippen LogP contribution < -0.4 is 5.73 Å². The van der Waals surface area contributed by atoms with Crippen LogP contribution in [0.1, 0.15) is 0 Å². The summed E-state index contributed by atoms with van der Waals surface area (Å²) in [5, 5.41) is 10.5. The molecule has 4 nitrogen and oxygen atoms in total. The monoisotopic (exact) mass is 215 g/mol. The van der Waals surface area contributed by atoms with E-state index in [1.54, 1.807) is 6.26 Å². The van der Waals surface area contributed by atoms with Crippen LogP contribution in [0.4, 0.5) is 0 Å². The number of rotatable bonds is 1. The van der Waals surface area contributed by atoms with Crippen LogP contribution in [0.3, 0.4) is 0 Å². The van der Waals surface area contributed by atoms with Crippen molar-refractivity contribution in [3.63, 3.8) is 0 Å². The highest BCUT2D eigenvalue weighted by Gasteiger charge is 2.16. The molecular weight excluding hydrogens is 206 g/mol. The van der Waals surface area contributed by atoms with Crippen LogP contribution in [-0.4, -0.2) is 16.7 Å². The molecule has 0 aromatic rings. The first-order valence-electron chi connectivity index (χ1n) is 3.38. The molecule has 1 aliphatic heterocycles. The molecule has 0 aromatic heterocycles. The highest BCUT2D eigenvalue weighted by atomic mass is 32.2. The molecule has 0 amide bonds. The zero-order valence-electron chi connectivity index (χ0n) is 7.27. The molecule has 1 aliphatic rings. The first-order valence-corrected chi connectivity index (χ1v) is 6.59. The first-order chi connectivity index (χ1) is 6.00. The number of thioether (sulfide) groups is 1. The Morgan fingerprint density at radius 2 is 2.38 bits per heavy atom. The lowest BCUT2D eigenvalue weighted by molar-refractivity contribution is 0.685. The molecule has 0 radical (unpaired) electrons. The van der Waals surface area contributed by atoms with Crippen LogP contribution in [0.25, 0.3) is 0 Å². The van der Waals surface area contributed by atoms with Crippen LogP contribution >= 0.6 is 11.8 Å². The summed E-state index contributed by atoms with van der Waals surface area (Å²) in [5.41, 5.74) is 6.13. The molecule has 1 rings (SSSR count). The lowest BCUT2D eigenvalue weighted by Gasteiger charge is -2.10. The zero-order valence-corrected chi connectivity index (χ0v) is 8.91. The molecule has 0 aliphatic carbocycles. The van der Waals surface area contributed by atoms with E-state index in [9.17, 15) is 4.21 Å². The Hall–Kier alpha value is -0.930. The maximum absolute atomic E-state index is 11.6. The van der Waals surface area contributed by atoms with Crippen molar-refractivity contribution in [3.8, 4) is 6.07 Å². The van der Waals surface area contributed by atoms with Gasteiger partial charge in [0.1, 0.15) is 16.7 Å². The zero-order chi connectivity index (χ0) is 10.1. The van der Waals surface area contributed by atoms with E-state index in [1.165, 1.54) is 23.4 Å². The van der Waals surface area contributed by atoms with E-state index in [-0.39, 0.29) is 5.70 Å². The van der Waals surface area contributed by atoms with Crippen molar-refractivity contribution in [2.75, 3.05) is 12.5 Å². The van der Waals surface area contributed by atoms with Crippen molar-refractivity contribution in [2.45, 2.75) is 0 Å². The molecular formula is C7H9N3OS2. The minimum absolute atomic E-state index is 0.259. The Kier molecular flexibility index (Phi) is 2.68. The quantitative estimate of drug-likeness (QED) is 0.707. The molecule has 0 fully saturated rings. The molecule has 1 unspecified atom stereocenters. The highest BCUT2D eigenvalue weighted by Crippen LogP contribution is 2.27. The fraction of sp³-hybridized carbons (Fsp3) is 0.286. The van der Waals surface area contributed by atoms with E-state index in [1.807, 2.05) is 6.07 Å². The third kappa shape index (κ3) is 2.05. The number of hydrogen-bond donors (Lipinski definition) is 1. The standard InChI is InChI=1S/C7H9N3OS2/c1-12-7-5(3-8)6(9)4-13(2,11)10-7/h4H,9H2,1-2H3.